The van der Waals surface area contributed by atoms with Gasteiger partial charge in [0.05, 0.1) is 24.1 Å². The van der Waals surface area contributed by atoms with E-state index in [9.17, 15) is 4.79 Å². The van der Waals surface area contributed by atoms with Gasteiger partial charge in [0.2, 0.25) is 0 Å². The molecule has 1 amide bonds. The molecular formula is C14H15N3O2. The summed E-state index contributed by atoms with van der Waals surface area (Å²) in [4.78, 5) is 17.8. The number of rotatable bonds is 2. The molecule has 0 spiro atoms. The molecule has 1 fully saturated rings. The Bertz CT molecular complexity index is 559. The van der Waals surface area contributed by atoms with Gasteiger partial charge in [-0.15, -0.1) is 0 Å². The Morgan fingerprint density at radius 2 is 2.11 bits per heavy atom. The molecule has 2 aromatic rings. The monoisotopic (exact) mass is 257 g/mol. The Balaban J connectivity index is 1.89. The molecule has 0 bridgehead atoms. The van der Waals surface area contributed by atoms with Gasteiger partial charge in [0.1, 0.15) is 0 Å². The predicted octanol–water partition coefficient (Wildman–Crippen LogP) is 2.24. The molecule has 1 aromatic heterocycles. The molecule has 3 rings (SSSR count). The Labute approximate surface area is 111 Å². The zero-order valence-electron chi connectivity index (χ0n) is 10.5. The number of benzene rings is 1. The molecule has 1 N–H and O–H groups in total. The first-order chi connectivity index (χ1) is 9.36. The van der Waals surface area contributed by atoms with Crippen LogP contribution in [-0.4, -0.2) is 34.3 Å². The molecule has 19 heavy (non-hydrogen) atoms. The minimum absolute atomic E-state index is 0.132. The third-order valence-electron chi connectivity index (χ3n) is 3.16. The molecule has 0 atom stereocenters. The van der Waals surface area contributed by atoms with Crippen molar-refractivity contribution in [1.29, 1.82) is 0 Å². The van der Waals surface area contributed by atoms with Crippen molar-refractivity contribution in [3.8, 4) is 11.3 Å². The molecule has 5 heteroatoms. The lowest BCUT2D eigenvalue weighted by molar-refractivity contribution is -0.144. The van der Waals surface area contributed by atoms with E-state index in [1.165, 1.54) is 5.06 Å². The lowest BCUT2D eigenvalue weighted by Crippen LogP contribution is -2.35. The first-order valence-electron chi connectivity index (χ1n) is 6.40. The van der Waals surface area contributed by atoms with Crippen LogP contribution in [0, 0.1) is 0 Å². The molecule has 2 heterocycles. The van der Waals surface area contributed by atoms with Gasteiger partial charge in [-0.25, -0.2) is 5.06 Å². The topological polar surface area (TPSA) is 58.2 Å². The Hall–Kier alpha value is -2.14. The minimum atomic E-state index is -0.132. The number of carbonyl (C=O) groups is 1. The Morgan fingerprint density at radius 1 is 1.26 bits per heavy atom. The van der Waals surface area contributed by atoms with Gasteiger partial charge in [0, 0.05) is 12.1 Å². The van der Waals surface area contributed by atoms with Crippen LogP contribution < -0.4 is 0 Å². The highest BCUT2D eigenvalue weighted by Gasteiger charge is 2.23. The fraction of sp³-hybridized carbons (Fsp3) is 0.286. The van der Waals surface area contributed by atoms with Crippen LogP contribution in [0.3, 0.4) is 0 Å². The van der Waals surface area contributed by atoms with Gasteiger partial charge < -0.3 is 0 Å². The largest absolute Gasteiger partial charge is 0.281 e. The van der Waals surface area contributed by atoms with Crippen molar-refractivity contribution < 1.29 is 9.63 Å². The van der Waals surface area contributed by atoms with E-state index in [-0.39, 0.29) is 5.91 Å². The van der Waals surface area contributed by atoms with Crippen molar-refractivity contribution in [3.05, 3.63) is 42.1 Å². The van der Waals surface area contributed by atoms with Crippen LogP contribution in [0.5, 0.6) is 0 Å². The van der Waals surface area contributed by atoms with Gasteiger partial charge >= 0.3 is 0 Å². The summed E-state index contributed by atoms with van der Waals surface area (Å²) in [6.45, 7) is 1.24. The van der Waals surface area contributed by atoms with E-state index < -0.39 is 0 Å². The van der Waals surface area contributed by atoms with Crippen molar-refractivity contribution in [2.24, 2.45) is 0 Å². The number of hydrogen-bond donors (Lipinski definition) is 1. The smallest absolute Gasteiger partial charge is 0.277 e. The summed E-state index contributed by atoms with van der Waals surface area (Å²) in [5.74, 6) is -0.132. The molecular weight excluding hydrogens is 242 g/mol. The van der Waals surface area contributed by atoms with Crippen molar-refractivity contribution in [2.75, 3.05) is 13.2 Å². The number of hydroxylamine groups is 2. The summed E-state index contributed by atoms with van der Waals surface area (Å²) in [5, 5.41) is 8.31. The molecule has 0 saturated carbocycles. The van der Waals surface area contributed by atoms with E-state index >= 15 is 0 Å². The number of aromatic nitrogens is 2. The van der Waals surface area contributed by atoms with Gasteiger partial charge in [-0.3, -0.25) is 14.7 Å². The van der Waals surface area contributed by atoms with E-state index in [2.05, 4.69) is 10.2 Å². The van der Waals surface area contributed by atoms with E-state index in [0.29, 0.717) is 18.7 Å². The minimum Gasteiger partial charge on any atom is -0.277 e. The molecule has 0 unspecified atom stereocenters. The van der Waals surface area contributed by atoms with Crippen LogP contribution in [-0.2, 0) is 4.84 Å². The normalized spacial score (nSPS) is 15.5. The van der Waals surface area contributed by atoms with Gasteiger partial charge in [0.15, 0.2) is 0 Å². The number of aromatic amines is 1. The second-order valence-corrected chi connectivity index (χ2v) is 4.47. The number of H-pyrrole nitrogens is 1. The lowest BCUT2D eigenvalue weighted by atomic mass is 10.1. The van der Waals surface area contributed by atoms with Gasteiger partial charge in [0.25, 0.3) is 5.91 Å². The second-order valence-electron chi connectivity index (χ2n) is 4.47. The number of hydrogen-bond acceptors (Lipinski definition) is 3. The summed E-state index contributed by atoms with van der Waals surface area (Å²) in [5.41, 5.74) is 2.23. The van der Waals surface area contributed by atoms with Gasteiger partial charge in [-0.05, 0) is 12.8 Å². The molecule has 1 aromatic carbocycles. The van der Waals surface area contributed by atoms with Crippen molar-refractivity contribution in [1.82, 2.24) is 15.3 Å². The van der Waals surface area contributed by atoms with Crippen LogP contribution in [0.4, 0.5) is 0 Å². The first-order valence-corrected chi connectivity index (χ1v) is 6.40. The average Bonchev–Trinajstić information content (AvgIpc) is 2.98. The summed E-state index contributed by atoms with van der Waals surface area (Å²) in [7, 11) is 0. The quantitative estimate of drug-likeness (QED) is 0.897. The molecule has 1 aliphatic heterocycles. The lowest BCUT2D eigenvalue weighted by Gasteiger charge is -2.25. The molecule has 0 radical (unpaired) electrons. The standard InChI is InChI=1S/C14H15N3O2/c18-14(17-8-4-5-9-19-17)12-10-15-16-13(12)11-6-2-1-3-7-11/h1-3,6-7,10H,4-5,8-9H2,(H,15,16). The van der Waals surface area contributed by atoms with Crippen LogP contribution in [0.2, 0.25) is 0 Å². The fourth-order valence-electron chi connectivity index (χ4n) is 2.16. The second kappa shape index (κ2) is 5.24. The Kier molecular flexibility index (Phi) is 3.29. The number of amides is 1. The maximum atomic E-state index is 12.4. The SMILES string of the molecule is O=C(c1cn[nH]c1-c1ccccc1)N1CCCCO1. The molecule has 1 aliphatic rings. The summed E-state index contributed by atoms with van der Waals surface area (Å²) >= 11 is 0. The fourth-order valence-corrected chi connectivity index (χ4v) is 2.16. The van der Waals surface area contributed by atoms with E-state index in [1.807, 2.05) is 30.3 Å². The van der Waals surface area contributed by atoms with E-state index in [4.69, 9.17) is 4.84 Å². The zero-order valence-corrected chi connectivity index (χ0v) is 10.5. The number of carbonyl (C=O) groups excluding carboxylic acids is 1. The van der Waals surface area contributed by atoms with E-state index in [1.54, 1.807) is 6.20 Å². The maximum absolute atomic E-state index is 12.4. The maximum Gasteiger partial charge on any atom is 0.281 e. The van der Waals surface area contributed by atoms with Gasteiger partial charge in [-0.2, -0.15) is 5.10 Å². The number of nitrogens with zero attached hydrogens (tertiary/aromatic N) is 2. The van der Waals surface area contributed by atoms with Crippen molar-refractivity contribution in [2.45, 2.75) is 12.8 Å². The molecule has 1 saturated heterocycles. The van der Waals surface area contributed by atoms with E-state index in [0.717, 1.165) is 24.1 Å². The molecule has 5 nitrogen and oxygen atoms in total. The third kappa shape index (κ3) is 2.37. The van der Waals surface area contributed by atoms with Gasteiger partial charge in [-0.1, -0.05) is 30.3 Å². The van der Waals surface area contributed by atoms with Crippen LogP contribution >= 0.6 is 0 Å². The summed E-state index contributed by atoms with van der Waals surface area (Å²) < 4.78 is 0. The van der Waals surface area contributed by atoms with Crippen LogP contribution in [0.25, 0.3) is 11.3 Å². The van der Waals surface area contributed by atoms with Crippen molar-refractivity contribution >= 4 is 5.91 Å². The first kappa shape index (κ1) is 11.9. The van der Waals surface area contributed by atoms with Crippen LogP contribution in [0.15, 0.2) is 36.5 Å². The highest BCUT2D eigenvalue weighted by atomic mass is 16.7. The number of nitrogens with one attached hydrogen (secondary N) is 1. The molecule has 0 aliphatic carbocycles. The predicted molar refractivity (Wildman–Crippen MR) is 70.2 cm³/mol. The highest BCUT2D eigenvalue weighted by molar-refractivity contribution is 5.99. The summed E-state index contributed by atoms with van der Waals surface area (Å²) in [6, 6.07) is 9.70. The molecule has 98 valence electrons. The zero-order chi connectivity index (χ0) is 13.1. The highest BCUT2D eigenvalue weighted by Crippen LogP contribution is 2.22. The average molecular weight is 257 g/mol. The van der Waals surface area contributed by atoms with Crippen molar-refractivity contribution in [3.63, 3.8) is 0 Å². The third-order valence-corrected chi connectivity index (χ3v) is 3.16. The summed E-state index contributed by atoms with van der Waals surface area (Å²) in [6.07, 6.45) is 3.54. The van der Waals surface area contributed by atoms with Crippen LogP contribution in [0.1, 0.15) is 23.2 Å². The Morgan fingerprint density at radius 3 is 2.84 bits per heavy atom.